The van der Waals surface area contributed by atoms with Gasteiger partial charge in [0.1, 0.15) is 0 Å². The molecule has 0 amide bonds. The summed E-state index contributed by atoms with van der Waals surface area (Å²) in [5, 5.41) is 0. The zero-order valence-corrected chi connectivity index (χ0v) is 19.9. The monoisotopic (exact) mass is 428 g/mol. The summed E-state index contributed by atoms with van der Waals surface area (Å²) in [4.78, 5) is 0. The van der Waals surface area contributed by atoms with E-state index < -0.39 is 20.8 Å². The van der Waals surface area contributed by atoms with E-state index in [9.17, 15) is 21.4 Å². The summed E-state index contributed by atoms with van der Waals surface area (Å²) in [6.45, 7) is 4.00. The number of hydrogen-bond donors (Lipinski definition) is 1. The first-order valence-corrected chi connectivity index (χ1v) is 11.5. The predicted molar refractivity (Wildman–Crippen MR) is 95.3 cm³/mol. The molecular formula is C15H33NaO8S2. The van der Waals surface area contributed by atoms with E-state index in [0.717, 1.165) is 12.8 Å². The smallest absolute Gasteiger partial charge is 0.726 e. The van der Waals surface area contributed by atoms with Gasteiger partial charge in [0.15, 0.2) is 0 Å². The Bertz CT molecular complexity index is 480. The Morgan fingerprint density at radius 2 is 1.12 bits per heavy atom. The molecule has 0 saturated heterocycles. The van der Waals surface area contributed by atoms with Crippen molar-refractivity contribution in [3.8, 4) is 0 Å². The van der Waals surface area contributed by atoms with E-state index in [1.165, 1.54) is 44.9 Å². The third-order valence-corrected chi connectivity index (χ3v) is 4.08. The molecule has 26 heavy (non-hydrogen) atoms. The maximum absolute atomic E-state index is 10.2. The van der Waals surface area contributed by atoms with Crippen LogP contribution >= 0.6 is 0 Å². The Hall–Kier alpha value is 0.740. The molecule has 0 heterocycles. The van der Waals surface area contributed by atoms with Gasteiger partial charge in [-0.2, -0.15) is 8.42 Å². The average molecular weight is 429 g/mol. The molecule has 0 unspecified atom stereocenters. The molecular weight excluding hydrogens is 395 g/mol. The zero-order chi connectivity index (χ0) is 19.6. The van der Waals surface area contributed by atoms with Gasteiger partial charge in [-0.3, -0.25) is 8.74 Å². The SMILES string of the molecule is CCCCCCCCCCCCOS(=O)(=O)O.CCCOS(=O)(=O)[O-].[Na+]. The van der Waals surface area contributed by atoms with Crippen LogP contribution in [0.1, 0.15) is 84.5 Å². The van der Waals surface area contributed by atoms with Gasteiger partial charge in [-0.15, -0.1) is 0 Å². The fourth-order valence-electron chi connectivity index (χ4n) is 1.94. The molecule has 0 atom stereocenters. The molecule has 0 bridgehead atoms. The Morgan fingerprint density at radius 1 is 0.692 bits per heavy atom. The molecule has 0 radical (unpaired) electrons. The van der Waals surface area contributed by atoms with E-state index in [4.69, 9.17) is 4.55 Å². The van der Waals surface area contributed by atoms with E-state index in [1.807, 2.05) is 0 Å². The predicted octanol–water partition coefficient (Wildman–Crippen LogP) is 0.604. The summed E-state index contributed by atoms with van der Waals surface area (Å²) in [5.41, 5.74) is 0. The quantitative estimate of drug-likeness (QED) is 0.174. The molecule has 0 saturated carbocycles. The summed E-state index contributed by atoms with van der Waals surface area (Å²) in [7, 11) is -8.67. The Morgan fingerprint density at radius 3 is 1.42 bits per heavy atom. The van der Waals surface area contributed by atoms with Gasteiger partial charge < -0.3 is 4.55 Å². The van der Waals surface area contributed by atoms with Crippen molar-refractivity contribution in [3.05, 3.63) is 0 Å². The van der Waals surface area contributed by atoms with Crippen molar-refractivity contribution < 1.29 is 63.9 Å². The third-order valence-electron chi connectivity index (χ3n) is 3.16. The van der Waals surface area contributed by atoms with E-state index in [0.29, 0.717) is 12.8 Å². The molecule has 0 aliphatic heterocycles. The molecule has 0 aliphatic rings. The van der Waals surface area contributed by atoms with Crippen LogP contribution in [-0.2, 0) is 29.2 Å². The molecule has 154 valence electrons. The van der Waals surface area contributed by atoms with Crippen LogP contribution in [0.15, 0.2) is 0 Å². The maximum atomic E-state index is 10.2. The summed E-state index contributed by atoms with van der Waals surface area (Å²) in [6.07, 6.45) is 12.4. The Balaban J connectivity index is -0.000000498. The summed E-state index contributed by atoms with van der Waals surface area (Å²) >= 11 is 0. The first-order valence-electron chi connectivity index (χ1n) is 8.84. The van der Waals surface area contributed by atoms with Gasteiger partial charge >= 0.3 is 40.0 Å². The average Bonchev–Trinajstić information content (AvgIpc) is 2.49. The number of hydrogen-bond acceptors (Lipinski definition) is 7. The molecule has 0 rings (SSSR count). The Labute approximate surface area is 181 Å². The van der Waals surface area contributed by atoms with Crippen molar-refractivity contribution in [3.63, 3.8) is 0 Å². The van der Waals surface area contributed by atoms with Gasteiger partial charge in [0.25, 0.3) is 0 Å². The standard InChI is InChI=1S/C12H26O4S.C3H8O4S.Na/c1-2-3-4-5-6-7-8-9-10-11-12-16-17(13,14)15;1-2-3-7-8(4,5)6;/h2-12H2,1H3,(H,13,14,15);2-3H2,1H3,(H,4,5,6);/q;;+1/p-1. The van der Waals surface area contributed by atoms with E-state index in [2.05, 4.69) is 15.3 Å². The molecule has 0 aliphatic carbocycles. The molecule has 8 nitrogen and oxygen atoms in total. The Kier molecular flexibility index (Phi) is 24.8. The second-order valence-corrected chi connectivity index (χ2v) is 7.81. The van der Waals surface area contributed by atoms with Crippen LogP contribution in [0.5, 0.6) is 0 Å². The van der Waals surface area contributed by atoms with E-state index in [1.54, 1.807) is 6.92 Å². The largest absolute Gasteiger partial charge is 1.00 e. The number of rotatable bonds is 15. The van der Waals surface area contributed by atoms with Gasteiger partial charge in [0.05, 0.1) is 13.2 Å². The van der Waals surface area contributed by atoms with Crippen molar-refractivity contribution in [2.75, 3.05) is 13.2 Å². The molecule has 1 N–H and O–H groups in total. The molecule has 0 aromatic heterocycles. The van der Waals surface area contributed by atoms with Crippen molar-refractivity contribution in [1.82, 2.24) is 0 Å². The van der Waals surface area contributed by atoms with Crippen LogP contribution in [0.2, 0.25) is 0 Å². The molecule has 0 spiro atoms. The normalized spacial score (nSPS) is 11.4. The first kappa shape index (κ1) is 31.4. The van der Waals surface area contributed by atoms with Crippen molar-refractivity contribution in [1.29, 1.82) is 0 Å². The van der Waals surface area contributed by atoms with Crippen LogP contribution in [0, 0.1) is 0 Å². The minimum atomic E-state index is -4.44. The maximum Gasteiger partial charge on any atom is 1.00 e. The van der Waals surface area contributed by atoms with Gasteiger partial charge in [0, 0.05) is 0 Å². The van der Waals surface area contributed by atoms with Crippen LogP contribution in [-0.4, -0.2) is 39.2 Å². The van der Waals surface area contributed by atoms with Crippen molar-refractivity contribution in [2.45, 2.75) is 84.5 Å². The minimum absolute atomic E-state index is 0. The van der Waals surface area contributed by atoms with Gasteiger partial charge in [-0.25, -0.2) is 12.6 Å². The van der Waals surface area contributed by atoms with Gasteiger partial charge in [-0.05, 0) is 12.8 Å². The topological polar surface area (TPSA) is 130 Å². The molecule has 0 aromatic rings. The fraction of sp³-hybridized carbons (Fsp3) is 1.00. The van der Waals surface area contributed by atoms with Crippen molar-refractivity contribution >= 4 is 20.8 Å². The summed E-state index contributed by atoms with van der Waals surface area (Å²) in [6, 6.07) is 0. The second-order valence-electron chi connectivity index (χ2n) is 5.66. The third kappa shape index (κ3) is 35.8. The summed E-state index contributed by atoms with van der Waals surface area (Å²) < 4.78 is 65.6. The van der Waals surface area contributed by atoms with Crippen LogP contribution in [0.4, 0.5) is 0 Å². The molecule has 0 aromatic carbocycles. The number of unbranched alkanes of at least 4 members (excludes halogenated alkanes) is 9. The van der Waals surface area contributed by atoms with Crippen LogP contribution in [0.3, 0.4) is 0 Å². The van der Waals surface area contributed by atoms with Crippen molar-refractivity contribution in [2.24, 2.45) is 0 Å². The minimum Gasteiger partial charge on any atom is -0.726 e. The first-order chi connectivity index (χ1) is 11.6. The molecule has 0 fully saturated rings. The van der Waals surface area contributed by atoms with E-state index in [-0.39, 0.29) is 42.8 Å². The zero-order valence-electron chi connectivity index (χ0n) is 16.3. The van der Waals surface area contributed by atoms with Gasteiger partial charge in [-0.1, -0.05) is 71.6 Å². The second kappa shape index (κ2) is 20.5. The van der Waals surface area contributed by atoms with Gasteiger partial charge in [0.2, 0.25) is 10.4 Å². The van der Waals surface area contributed by atoms with Crippen LogP contribution < -0.4 is 29.6 Å². The van der Waals surface area contributed by atoms with E-state index >= 15 is 0 Å². The fourth-order valence-corrected chi connectivity index (χ4v) is 2.64. The summed E-state index contributed by atoms with van der Waals surface area (Å²) in [5.74, 6) is 0. The van der Waals surface area contributed by atoms with Crippen LogP contribution in [0.25, 0.3) is 0 Å². The molecule has 11 heteroatoms.